The van der Waals surface area contributed by atoms with Crippen LogP contribution >= 0.6 is 0 Å². The standard InChI is InChI=1S/C44H64N6O12/c1-26(2)29(25-32(52)37-36(38-40(59-37)61-44(6,7)60-38)49-33(53)13-9-8-10-23-50-34(54)18-19-35(50)55)39(56)48-30(12-11-21-46-41(45)57)31(51)24-28-16-14-27(15-17-28)20-22-47-42(58)62-43(3,4)5/h14-19,26,29-30,36-38,40H,8-13,20-25H2,1-7H3,(H,47,58)(H,48,56)(H,49,53)(H3,45,46,57)/t29-,30?,36-,37?,38-,40-/m1/s1. The van der Waals surface area contributed by atoms with E-state index < -0.39 is 71.7 Å². The van der Waals surface area contributed by atoms with Gasteiger partial charge in [0.15, 0.2) is 23.6 Å². The average molecular weight is 869 g/mol. The lowest BCUT2D eigenvalue weighted by atomic mass is 9.86. The number of benzene rings is 1. The lowest BCUT2D eigenvalue weighted by Crippen LogP contribution is -2.51. The molecule has 3 heterocycles. The van der Waals surface area contributed by atoms with Crippen molar-refractivity contribution in [2.45, 2.75) is 148 Å². The first-order valence-corrected chi connectivity index (χ1v) is 21.4. The van der Waals surface area contributed by atoms with Gasteiger partial charge in [-0.25, -0.2) is 9.59 Å². The molecule has 0 aromatic heterocycles. The molecule has 7 amide bonds. The van der Waals surface area contributed by atoms with Gasteiger partial charge in [-0.2, -0.15) is 0 Å². The Bertz CT molecular complexity index is 1810. The Morgan fingerprint density at radius 3 is 2.18 bits per heavy atom. The summed E-state index contributed by atoms with van der Waals surface area (Å²) in [6.45, 7) is 13.1. The third-order valence-electron chi connectivity index (χ3n) is 10.6. The number of hydrogen-bond acceptors (Lipinski definition) is 12. The predicted octanol–water partition coefficient (Wildman–Crippen LogP) is 2.88. The Balaban J connectivity index is 1.37. The van der Waals surface area contributed by atoms with Crippen molar-refractivity contribution in [2.24, 2.45) is 17.6 Å². The van der Waals surface area contributed by atoms with Gasteiger partial charge in [-0.15, -0.1) is 0 Å². The molecule has 0 aliphatic carbocycles. The van der Waals surface area contributed by atoms with Crippen LogP contribution in [0.4, 0.5) is 9.59 Å². The van der Waals surface area contributed by atoms with Crippen LogP contribution in [0.15, 0.2) is 36.4 Å². The summed E-state index contributed by atoms with van der Waals surface area (Å²) in [5, 5.41) is 11.0. The summed E-state index contributed by atoms with van der Waals surface area (Å²) in [7, 11) is 0. The van der Waals surface area contributed by atoms with Crippen molar-refractivity contribution in [1.29, 1.82) is 0 Å². The van der Waals surface area contributed by atoms with E-state index >= 15 is 0 Å². The fourth-order valence-corrected chi connectivity index (χ4v) is 7.43. The summed E-state index contributed by atoms with van der Waals surface area (Å²) in [6, 6.07) is 4.76. The number of unbranched alkanes of at least 4 members (excludes halogenated alkanes) is 2. The first-order valence-electron chi connectivity index (χ1n) is 21.4. The van der Waals surface area contributed by atoms with Gasteiger partial charge in [0.25, 0.3) is 11.8 Å². The van der Waals surface area contributed by atoms with Crippen LogP contribution in [-0.2, 0) is 60.6 Å². The number of nitrogens with one attached hydrogen (secondary N) is 4. The number of carbonyl (C=O) groups is 8. The minimum Gasteiger partial charge on any atom is -0.444 e. The van der Waals surface area contributed by atoms with Gasteiger partial charge < -0.3 is 45.9 Å². The molecule has 0 spiro atoms. The number of amides is 7. The zero-order valence-electron chi connectivity index (χ0n) is 36.9. The molecular weight excluding hydrogens is 805 g/mol. The van der Waals surface area contributed by atoms with E-state index in [2.05, 4.69) is 21.3 Å². The highest BCUT2D eigenvalue weighted by Gasteiger charge is 2.57. The van der Waals surface area contributed by atoms with E-state index in [1.807, 2.05) is 24.3 Å². The SMILES string of the molecule is CC(C)[C@@H](CC(=O)C1O[C@@H]2OC(C)(C)O[C@@H]2[C@@H]1NC(=O)CCCCCN1C(=O)C=CC1=O)C(=O)NC(CCCNC(N)=O)C(=O)Cc1ccc(CCNC(=O)OC(C)(C)C)cc1. The maximum Gasteiger partial charge on any atom is 0.407 e. The number of nitrogens with zero attached hydrogens (tertiary/aromatic N) is 1. The van der Waals surface area contributed by atoms with Gasteiger partial charge in [0.2, 0.25) is 11.8 Å². The Labute approximate surface area is 363 Å². The monoisotopic (exact) mass is 868 g/mol. The molecule has 18 nitrogen and oxygen atoms in total. The number of ketones is 2. The number of alkyl carbamates (subject to hydrolysis) is 1. The van der Waals surface area contributed by atoms with Crippen molar-refractivity contribution in [1.82, 2.24) is 26.2 Å². The summed E-state index contributed by atoms with van der Waals surface area (Å²) in [6.07, 6.45) is 1.49. The maximum absolute atomic E-state index is 14.1. The van der Waals surface area contributed by atoms with Crippen LogP contribution in [0.2, 0.25) is 0 Å². The van der Waals surface area contributed by atoms with Crippen molar-refractivity contribution in [3.05, 3.63) is 47.5 Å². The van der Waals surface area contributed by atoms with Gasteiger partial charge in [0.1, 0.15) is 17.8 Å². The van der Waals surface area contributed by atoms with Crippen molar-refractivity contribution < 1.29 is 57.3 Å². The molecule has 18 heteroatoms. The molecule has 2 unspecified atom stereocenters. The Morgan fingerprint density at radius 2 is 1.55 bits per heavy atom. The number of carbonyl (C=O) groups excluding carboxylic acids is 8. The van der Waals surface area contributed by atoms with Crippen LogP contribution in [0.5, 0.6) is 0 Å². The number of ether oxygens (including phenoxy) is 4. The maximum atomic E-state index is 14.1. The highest BCUT2D eigenvalue weighted by molar-refractivity contribution is 6.12. The lowest BCUT2D eigenvalue weighted by molar-refractivity contribution is -0.208. The Hall–Kier alpha value is -5.20. The van der Waals surface area contributed by atoms with Crippen LogP contribution < -0.4 is 27.0 Å². The van der Waals surface area contributed by atoms with E-state index in [1.54, 1.807) is 48.5 Å². The second kappa shape index (κ2) is 22.2. The largest absolute Gasteiger partial charge is 0.444 e. The van der Waals surface area contributed by atoms with Gasteiger partial charge in [0.05, 0.1) is 12.1 Å². The average Bonchev–Trinajstić information content (AvgIpc) is 3.78. The second-order valence-electron chi connectivity index (χ2n) is 17.7. The topological polar surface area (TPSA) is 251 Å². The van der Waals surface area contributed by atoms with Crippen LogP contribution in [-0.4, -0.2) is 114 Å². The van der Waals surface area contributed by atoms with E-state index in [0.29, 0.717) is 44.2 Å². The number of primary amides is 1. The molecule has 6 atom stereocenters. The lowest BCUT2D eigenvalue weighted by Gasteiger charge is -2.28. The van der Waals surface area contributed by atoms with Gasteiger partial charge in [-0.05, 0) is 83.8 Å². The van der Waals surface area contributed by atoms with E-state index in [-0.39, 0.29) is 68.2 Å². The zero-order valence-corrected chi connectivity index (χ0v) is 36.9. The number of fused-ring (bicyclic) bond motifs is 1. The number of nitrogens with two attached hydrogens (primary N) is 1. The van der Waals surface area contributed by atoms with E-state index in [4.69, 9.17) is 24.7 Å². The fraction of sp³-hybridized carbons (Fsp3) is 0.636. The van der Waals surface area contributed by atoms with E-state index in [9.17, 15) is 38.4 Å². The zero-order chi connectivity index (χ0) is 45.8. The molecule has 62 heavy (non-hydrogen) atoms. The molecule has 1 aromatic carbocycles. The highest BCUT2D eigenvalue weighted by Crippen LogP contribution is 2.38. The molecule has 4 rings (SSSR count). The first-order chi connectivity index (χ1) is 29.1. The summed E-state index contributed by atoms with van der Waals surface area (Å²) in [5.41, 5.74) is 6.26. The van der Waals surface area contributed by atoms with Gasteiger partial charge in [-0.3, -0.25) is 33.7 Å². The van der Waals surface area contributed by atoms with Gasteiger partial charge in [0, 0.05) is 57.0 Å². The third-order valence-corrected chi connectivity index (χ3v) is 10.6. The first kappa shape index (κ1) is 49.5. The second-order valence-corrected chi connectivity index (χ2v) is 17.7. The summed E-state index contributed by atoms with van der Waals surface area (Å²) >= 11 is 0. The smallest absolute Gasteiger partial charge is 0.407 e. The minimum atomic E-state index is -1.19. The molecule has 3 aliphatic rings. The summed E-state index contributed by atoms with van der Waals surface area (Å²) in [4.78, 5) is 103. The summed E-state index contributed by atoms with van der Waals surface area (Å²) < 4.78 is 23.3. The predicted molar refractivity (Wildman–Crippen MR) is 225 cm³/mol. The van der Waals surface area contributed by atoms with Crippen molar-refractivity contribution >= 4 is 47.3 Å². The molecule has 0 bridgehead atoms. The number of hydrogen-bond donors (Lipinski definition) is 5. The minimum absolute atomic E-state index is 0.00159. The van der Waals surface area contributed by atoms with Crippen LogP contribution in [0.1, 0.15) is 105 Å². The van der Waals surface area contributed by atoms with Crippen molar-refractivity contribution in [2.75, 3.05) is 19.6 Å². The van der Waals surface area contributed by atoms with E-state index in [0.717, 1.165) is 10.5 Å². The van der Waals surface area contributed by atoms with Crippen LogP contribution in [0.3, 0.4) is 0 Å². The molecule has 2 fully saturated rings. The molecule has 342 valence electrons. The van der Waals surface area contributed by atoms with Crippen molar-refractivity contribution in [3.63, 3.8) is 0 Å². The molecule has 6 N–H and O–H groups in total. The quantitative estimate of drug-likeness (QED) is 0.0787. The van der Waals surface area contributed by atoms with E-state index in [1.165, 1.54) is 12.2 Å². The number of Topliss-reactive ketones (excluding diaryl/α,β-unsaturated/α-hetero) is 2. The summed E-state index contributed by atoms with van der Waals surface area (Å²) in [5.74, 6) is -4.56. The fourth-order valence-electron chi connectivity index (χ4n) is 7.43. The van der Waals surface area contributed by atoms with Gasteiger partial charge >= 0.3 is 12.1 Å². The number of urea groups is 1. The molecule has 2 saturated heterocycles. The third kappa shape index (κ3) is 15.3. The molecular formula is C44H64N6O12. The number of imide groups is 1. The molecule has 3 aliphatic heterocycles. The van der Waals surface area contributed by atoms with Gasteiger partial charge in [-0.1, -0.05) is 44.5 Å². The van der Waals surface area contributed by atoms with Crippen molar-refractivity contribution in [3.8, 4) is 0 Å². The van der Waals surface area contributed by atoms with Crippen LogP contribution in [0, 0.1) is 11.8 Å². The Morgan fingerprint density at radius 1 is 0.887 bits per heavy atom. The Kier molecular flexibility index (Phi) is 17.7. The molecule has 1 aromatic rings. The number of rotatable bonds is 23. The normalized spacial score (nSPS) is 21.3. The molecule has 0 saturated carbocycles. The molecule has 0 radical (unpaired) electrons. The highest BCUT2D eigenvalue weighted by atomic mass is 16.8. The van der Waals surface area contributed by atoms with Crippen LogP contribution in [0.25, 0.3) is 0 Å².